The zero-order chi connectivity index (χ0) is 13.9. The fraction of sp³-hybridized carbons (Fsp3) is 0.538. The summed E-state index contributed by atoms with van der Waals surface area (Å²) in [7, 11) is 0. The molecular weight excluding hydrogens is 274 g/mol. The summed E-state index contributed by atoms with van der Waals surface area (Å²) in [5, 5.41) is 16.1. The van der Waals surface area contributed by atoms with E-state index in [-0.39, 0.29) is 11.9 Å². The van der Waals surface area contributed by atoms with Crippen LogP contribution in [0.25, 0.3) is 5.69 Å². The van der Waals surface area contributed by atoms with E-state index in [0.29, 0.717) is 10.8 Å². The molecule has 0 saturated heterocycles. The molecule has 2 atom stereocenters. The largest absolute Gasteiger partial charge is 0.349 e. The van der Waals surface area contributed by atoms with Gasteiger partial charge in [-0.05, 0) is 40.6 Å². The number of nitrogens with zero attached hydrogens (tertiary/aromatic N) is 4. The molecule has 20 heavy (non-hydrogen) atoms. The van der Waals surface area contributed by atoms with Crippen LogP contribution in [0.5, 0.6) is 0 Å². The van der Waals surface area contributed by atoms with Crippen LogP contribution < -0.4 is 5.32 Å². The normalized spacial score (nSPS) is 22.6. The lowest BCUT2D eigenvalue weighted by atomic mass is 9.87. The lowest BCUT2D eigenvalue weighted by molar-refractivity contribution is 0.0925. The van der Waals surface area contributed by atoms with Crippen LogP contribution >= 0.6 is 11.3 Å². The Kier molecular flexibility index (Phi) is 3.77. The molecule has 0 aliphatic heterocycles. The van der Waals surface area contributed by atoms with Gasteiger partial charge in [-0.1, -0.05) is 19.8 Å². The fourth-order valence-corrected chi connectivity index (χ4v) is 3.52. The Morgan fingerprint density at radius 1 is 1.50 bits per heavy atom. The van der Waals surface area contributed by atoms with Crippen molar-refractivity contribution in [1.82, 2.24) is 25.5 Å². The third-order valence-corrected chi connectivity index (χ3v) is 4.62. The molecule has 7 heteroatoms. The minimum absolute atomic E-state index is 0.0235. The van der Waals surface area contributed by atoms with Crippen molar-refractivity contribution in [3.8, 4) is 5.69 Å². The molecule has 0 bridgehead atoms. The molecule has 2 aromatic rings. The molecule has 0 aromatic carbocycles. The van der Waals surface area contributed by atoms with Crippen LogP contribution in [-0.2, 0) is 0 Å². The Hall–Kier alpha value is -1.76. The molecule has 1 aliphatic carbocycles. The Morgan fingerprint density at radius 3 is 3.15 bits per heavy atom. The zero-order valence-electron chi connectivity index (χ0n) is 11.3. The van der Waals surface area contributed by atoms with E-state index in [1.807, 2.05) is 11.4 Å². The van der Waals surface area contributed by atoms with Gasteiger partial charge in [0.15, 0.2) is 0 Å². The highest BCUT2D eigenvalue weighted by atomic mass is 32.1. The van der Waals surface area contributed by atoms with Gasteiger partial charge in [-0.2, -0.15) is 4.68 Å². The Balaban J connectivity index is 1.73. The summed E-state index contributed by atoms with van der Waals surface area (Å²) < 4.78 is 1.52. The third kappa shape index (κ3) is 2.72. The van der Waals surface area contributed by atoms with E-state index in [2.05, 4.69) is 27.8 Å². The van der Waals surface area contributed by atoms with Gasteiger partial charge in [-0.15, -0.1) is 16.4 Å². The fourth-order valence-electron chi connectivity index (χ4n) is 2.74. The second kappa shape index (κ2) is 5.70. The Labute approximate surface area is 121 Å². The summed E-state index contributed by atoms with van der Waals surface area (Å²) in [6.07, 6.45) is 6.10. The number of hydrogen-bond donors (Lipinski definition) is 1. The van der Waals surface area contributed by atoms with Crippen molar-refractivity contribution in [2.24, 2.45) is 5.92 Å². The molecule has 2 aromatic heterocycles. The standard InChI is InChI=1S/C13H17N5OS/c1-9-3-2-4-10(7-9)15-13(19)12-11(5-6-20-12)18-8-14-16-17-18/h5-6,8-10H,2-4,7H2,1H3,(H,15,19)/t9-,10+/m0/s1. The van der Waals surface area contributed by atoms with Crippen LogP contribution in [0.3, 0.4) is 0 Å². The molecule has 6 nitrogen and oxygen atoms in total. The van der Waals surface area contributed by atoms with Crippen LogP contribution in [0.2, 0.25) is 0 Å². The van der Waals surface area contributed by atoms with Gasteiger partial charge in [-0.25, -0.2) is 0 Å². The van der Waals surface area contributed by atoms with E-state index >= 15 is 0 Å². The monoisotopic (exact) mass is 291 g/mol. The van der Waals surface area contributed by atoms with E-state index in [4.69, 9.17) is 0 Å². The smallest absolute Gasteiger partial charge is 0.263 e. The van der Waals surface area contributed by atoms with Crippen molar-refractivity contribution in [1.29, 1.82) is 0 Å². The second-order valence-electron chi connectivity index (χ2n) is 5.33. The first-order valence-electron chi connectivity index (χ1n) is 6.85. The van der Waals surface area contributed by atoms with Crippen LogP contribution in [0, 0.1) is 5.92 Å². The molecule has 106 valence electrons. The van der Waals surface area contributed by atoms with Crippen molar-refractivity contribution in [3.63, 3.8) is 0 Å². The molecule has 1 N–H and O–H groups in total. The average molecular weight is 291 g/mol. The van der Waals surface area contributed by atoms with Crippen LogP contribution in [0.4, 0.5) is 0 Å². The number of hydrogen-bond acceptors (Lipinski definition) is 5. The zero-order valence-corrected chi connectivity index (χ0v) is 12.1. The minimum Gasteiger partial charge on any atom is -0.349 e. The van der Waals surface area contributed by atoms with Crippen molar-refractivity contribution in [2.75, 3.05) is 0 Å². The van der Waals surface area contributed by atoms with Gasteiger partial charge in [0.1, 0.15) is 11.2 Å². The predicted molar refractivity (Wildman–Crippen MR) is 75.9 cm³/mol. The molecule has 1 fully saturated rings. The van der Waals surface area contributed by atoms with Crippen molar-refractivity contribution >= 4 is 17.2 Å². The molecule has 1 saturated carbocycles. The maximum atomic E-state index is 12.4. The number of carbonyl (C=O) groups excluding carboxylic acids is 1. The minimum atomic E-state index is -0.0235. The molecule has 0 radical (unpaired) electrons. The summed E-state index contributed by atoms with van der Waals surface area (Å²) in [6.45, 7) is 2.25. The number of thiophene rings is 1. The highest BCUT2D eigenvalue weighted by molar-refractivity contribution is 7.12. The number of aromatic nitrogens is 4. The Morgan fingerprint density at radius 2 is 2.40 bits per heavy atom. The van der Waals surface area contributed by atoms with Gasteiger partial charge in [0, 0.05) is 6.04 Å². The van der Waals surface area contributed by atoms with Gasteiger partial charge in [0.05, 0.1) is 5.69 Å². The Bertz CT molecular complexity index is 579. The molecule has 3 rings (SSSR count). The van der Waals surface area contributed by atoms with Crippen molar-refractivity contribution in [3.05, 3.63) is 22.7 Å². The van der Waals surface area contributed by atoms with Crippen molar-refractivity contribution < 1.29 is 4.79 Å². The topological polar surface area (TPSA) is 72.7 Å². The van der Waals surface area contributed by atoms with E-state index in [1.165, 1.54) is 35.2 Å². The first-order chi connectivity index (χ1) is 9.74. The first kappa shape index (κ1) is 13.2. The van der Waals surface area contributed by atoms with E-state index in [1.54, 1.807) is 0 Å². The lowest BCUT2D eigenvalue weighted by Crippen LogP contribution is -2.38. The van der Waals surface area contributed by atoms with Crippen LogP contribution in [0.15, 0.2) is 17.8 Å². The van der Waals surface area contributed by atoms with E-state index < -0.39 is 0 Å². The number of carbonyl (C=O) groups is 1. The van der Waals surface area contributed by atoms with Crippen molar-refractivity contribution in [2.45, 2.75) is 38.6 Å². The summed E-state index contributed by atoms with van der Waals surface area (Å²) in [5.74, 6) is 0.668. The number of rotatable bonds is 3. The van der Waals surface area contributed by atoms with E-state index in [9.17, 15) is 4.79 Å². The van der Waals surface area contributed by atoms with Crippen LogP contribution in [-0.4, -0.2) is 32.2 Å². The molecular formula is C13H17N5OS. The maximum absolute atomic E-state index is 12.4. The average Bonchev–Trinajstić information content (AvgIpc) is 3.09. The molecule has 0 unspecified atom stereocenters. The third-order valence-electron chi connectivity index (χ3n) is 3.72. The summed E-state index contributed by atoms with van der Waals surface area (Å²) in [6, 6.07) is 2.15. The van der Waals surface area contributed by atoms with Gasteiger partial charge >= 0.3 is 0 Å². The summed E-state index contributed by atoms with van der Waals surface area (Å²) in [5.41, 5.74) is 0.737. The number of tetrazole rings is 1. The summed E-state index contributed by atoms with van der Waals surface area (Å²) >= 11 is 1.42. The summed E-state index contributed by atoms with van der Waals surface area (Å²) in [4.78, 5) is 13.1. The highest BCUT2D eigenvalue weighted by Crippen LogP contribution is 2.25. The SMILES string of the molecule is C[C@H]1CCC[C@@H](NC(=O)c2sccc2-n2cnnn2)C1. The van der Waals surface area contributed by atoms with Crippen LogP contribution in [0.1, 0.15) is 42.3 Å². The predicted octanol–water partition coefficient (Wildman–Crippen LogP) is 2.03. The number of nitrogens with one attached hydrogen (secondary N) is 1. The molecule has 1 amide bonds. The lowest BCUT2D eigenvalue weighted by Gasteiger charge is -2.27. The van der Waals surface area contributed by atoms with Gasteiger partial charge < -0.3 is 5.32 Å². The van der Waals surface area contributed by atoms with Gasteiger partial charge in [0.25, 0.3) is 5.91 Å². The molecule has 2 heterocycles. The van der Waals surface area contributed by atoms with E-state index in [0.717, 1.165) is 18.5 Å². The quantitative estimate of drug-likeness (QED) is 0.939. The maximum Gasteiger partial charge on any atom is 0.263 e. The number of amides is 1. The molecule has 1 aliphatic rings. The highest BCUT2D eigenvalue weighted by Gasteiger charge is 2.23. The first-order valence-corrected chi connectivity index (χ1v) is 7.73. The van der Waals surface area contributed by atoms with Gasteiger partial charge in [0.2, 0.25) is 0 Å². The second-order valence-corrected chi connectivity index (χ2v) is 6.25. The molecule has 0 spiro atoms. The van der Waals surface area contributed by atoms with Gasteiger partial charge in [-0.3, -0.25) is 4.79 Å².